The Bertz CT molecular complexity index is 1300. The summed E-state index contributed by atoms with van der Waals surface area (Å²) in [4.78, 5) is 13.1. The number of benzene rings is 2. The third-order valence-electron chi connectivity index (χ3n) is 5.68. The first-order valence-electron chi connectivity index (χ1n) is 10.9. The fourth-order valence-corrected chi connectivity index (χ4v) is 5.41. The summed E-state index contributed by atoms with van der Waals surface area (Å²) in [5.41, 5.74) is 0.381. The first kappa shape index (κ1) is 23.8. The Hall–Kier alpha value is -3.38. The Balaban J connectivity index is 1.64. The van der Waals surface area contributed by atoms with Crippen molar-refractivity contribution < 1.29 is 22.3 Å². The molecule has 2 aromatic carbocycles. The average Bonchev–Trinajstić information content (AvgIpc) is 3.07. The second-order valence-corrected chi connectivity index (χ2v) is 9.88. The molecule has 0 radical (unpaired) electrons. The first-order chi connectivity index (χ1) is 16.3. The van der Waals surface area contributed by atoms with Crippen LogP contribution in [0.1, 0.15) is 41.9 Å². The lowest BCUT2D eigenvalue weighted by Gasteiger charge is -2.20. The number of methoxy groups -OCH3 is 1. The number of carbonyl (C=O) groups excluding carboxylic acids is 1. The number of aryl methyl sites for hydroxylation is 1. The van der Waals surface area contributed by atoms with Gasteiger partial charge in [-0.1, -0.05) is 12.8 Å². The largest absolute Gasteiger partial charge is 0.496 e. The lowest BCUT2D eigenvalue weighted by Crippen LogP contribution is -2.32. The van der Waals surface area contributed by atoms with E-state index >= 15 is 0 Å². The van der Waals surface area contributed by atoms with Crippen LogP contribution in [0, 0.1) is 12.7 Å². The summed E-state index contributed by atoms with van der Waals surface area (Å²) in [6, 6.07) is 8.17. The Kier molecular flexibility index (Phi) is 6.89. The Morgan fingerprint density at radius 1 is 1.09 bits per heavy atom. The number of hydrogen-bond acceptors (Lipinski definition) is 7. The molecule has 2 heterocycles. The Morgan fingerprint density at radius 3 is 2.47 bits per heavy atom. The van der Waals surface area contributed by atoms with Crippen molar-refractivity contribution in [1.29, 1.82) is 0 Å². The van der Waals surface area contributed by atoms with Gasteiger partial charge in [-0.3, -0.25) is 4.79 Å². The quantitative estimate of drug-likeness (QED) is 0.567. The predicted molar refractivity (Wildman–Crippen MR) is 122 cm³/mol. The maximum absolute atomic E-state index is 14.4. The van der Waals surface area contributed by atoms with Gasteiger partial charge in [0.15, 0.2) is 5.82 Å². The van der Waals surface area contributed by atoms with Crippen molar-refractivity contribution in [2.75, 3.05) is 25.5 Å². The van der Waals surface area contributed by atoms with Crippen LogP contribution in [0.5, 0.6) is 5.75 Å². The minimum Gasteiger partial charge on any atom is -0.496 e. The van der Waals surface area contributed by atoms with E-state index in [0.29, 0.717) is 18.9 Å². The SMILES string of the molecule is COc1ccc(S(=O)(=O)N2CCCCCC2)cc1C(=O)Nc1ccc(F)c(-n2nnnc2C)c1. The lowest BCUT2D eigenvalue weighted by molar-refractivity contribution is 0.102. The molecule has 180 valence electrons. The summed E-state index contributed by atoms with van der Waals surface area (Å²) in [5.74, 6) is -0.589. The molecule has 10 nitrogen and oxygen atoms in total. The molecule has 0 aliphatic carbocycles. The highest BCUT2D eigenvalue weighted by atomic mass is 32.2. The van der Waals surface area contributed by atoms with Gasteiger partial charge >= 0.3 is 0 Å². The van der Waals surface area contributed by atoms with Gasteiger partial charge in [-0.25, -0.2) is 12.8 Å². The van der Waals surface area contributed by atoms with Crippen molar-refractivity contribution in [3.8, 4) is 11.4 Å². The highest BCUT2D eigenvalue weighted by Crippen LogP contribution is 2.27. The fourth-order valence-electron chi connectivity index (χ4n) is 3.86. The standard InChI is InChI=1S/C22H25FN6O4S/c1-15-25-26-27-29(15)20-13-16(7-9-19(20)23)24-22(30)18-14-17(8-10-21(18)33-2)34(31,32)28-11-5-3-4-6-12-28/h7-10,13-14H,3-6,11-12H2,1-2H3,(H,24,30). The molecule has 1 N–H and O–H groups in total. The molecule has 34 heavy (non-hydrogen) atoms. The van der Waals surface area contributed by atoms with Gasteiger partial charge in [0.05, 0.1) is 17.6 Å². The van der Waals surface area contributed by atoms with Crippen LogP contribution in [0.2, 0.25) is 0 Å². The van der Waals surface area contributed by atoms with E-state index in [-0.39, 0.29) is 27.6 Å². The minimum absolute atomic E-state index is 0.0180. The molecule has 1 aliphatic heterocycles. The number of hydrogen-bond donors (Lipinski definition) is 1. The molecular weight excluding hydrogens is 463 g/mol. The van der Waals surface area contributed by atoms with Crippen LogP contribution >= 0.6 is 0 Å². The van der Waals surface area contributed by atoms with Crippen molar-refractivity contribution in [3.63, 3.8) is 0 Å². The van der Waals surface area contributed by atoms with E-state index in [1.54, 1.807) is 6.92 Å². The highest BCUT2D eigenvalue weighted by molar-refractivity contribution is 7.89. The molecule has 0 atom stereocenters. The molecule has 4 rings (SSSR count). The molecule has 3 aromatic rings. The van der Waals surface area contributed by atoms with Crippen molar-refractivity contribution in [1.82, 2.24) is 24.5 Å². The molecule has 1 saturated heterocycles. The first-order valence-corrected chi connectivity index (χ1v) is 12.3. The van der Waals surface area contributed by atoms with Crippen LogP contribution in [0.3, 0.4) is 0 Å². The van der Waals surface area contributed by atoms with E-state index in [1.807, 2.05) is 0 Å². The van der Waals surface area contributed by atoms with Gasteiger partial charge in [-0.05, 0) is 66.6 Å². The van der Waals surface area contributed by atoms with Gasteiger partial charge in [-0.15, -0.1) is 5.10 Å². The zero-order chi connectivity index (χ0) is 24.3. The molecule has 1 aromatic heterocycles. The van der Waals surface area contributed by atoms with Crippen LogP contribution in [-0.4, -0.2) is 59.0 Å². The topological polar surface area (TPSA) is 119 Å². The normalized spacial score (nSPS) is 15.0. The number of sulfonamides is 1. The zero-order valence-electron chi connectivity index (χ0n) is 18.9. The number of tetrazole rings is 1. The van der Waals surface area contributed by atoms with E-state index in [2.05, 4.69) is 20.8 Å². The molecule has 0 spiro atoms. The van der Waals surface area contributed by atoms with Gasteiger partial charge < -0.3 is 10.1 Å². The molecule has 1 amide bonds. The van der Waals surface area contributed by atoms with Crippen LogP contribution in [0.4, 0.5) is 10.1 Å². The third kappa shape index (κ3) is 4.77. The number of anilines is 1. The Morgan fingerprint density at radius 2 is 1.82 bits per heavy atom. The average molecular weight is 489 g/mol. The molecule has 1 fully saturated rings. The van der Waals surface area contributed by atoms with Crippen molar-refractivity contribution >= 4 is 21.6 Å². The number of amides is 1. The Labute approximate surface area is 196 Å². The number of carbonyl (C=O) groups is 1. The van der Waals surface area contributed by atoms with Crippen LogP contribution in [0.25, 0.3) is 5.69 Å². The van der Waals surface area contributed by atoms with E-state index in [0.717, 1.165) is 25.7 Å². The zero-order valence-corrected chi connectivity index (χ0v) is 19.7. The summed E-state index contributed by atoms with van der Waals surface area (Å²) in [6.07, 6.45) is 3.59. The van der Waals surface area contributed by atoms with Gasteiger partial charge in [-0.2, -0.15) is 8.99 Å². The van der Waals surface area contributed by atoms with Gasteiger partial charge in [0, 0.05) is 18.8 Å². The summed E-state index contributed by atoms with van der Waals surface area (Å²) in [5, 5.41) is 13.7. The second-order valence-electron chi connectivity index (χ2n) is 7.94. The molecule has 12 heteroatoms. The van der Waals surface area contributed by atoms with Gasteiger partial charge in [0.25, 0.3) is 5.91 Å². The second kappa shape index (κ2) is 9.85. The maximum Gasteiger partial charge on any atom is 0.259 e. The number of halogens is 1. The predicted octanol–water partition coefficient (Wildman–Crippen LogP) is 2.94. The summed E-state index contributed by atoms with van der Waals surface area (Å²) in [6.45, 7) is 2.52. The number of aromatic nitrogens is 4. The smallest absolute Gasteiger partial charge is 0.259 e. The summed E-state index contributed by atoms with van der Waals surface area (Å²) >= 11 is 0. The molecule has 0 saturated carbocycles. The highest BCUT2D eigenvalue weighted by Gasteiger charge is 2.27. The minimum atomic E-state index is -3.76. The lowest BCUT2D eigenvalue weighted by atomic mass is 10.1. The molecular formula is C22H25FN6O4S. The van der Waals surface area contributed by atoms with Gasteiger partial charge in [0.1, 0.15) is 17.3 Å². The number of rotatable bonds is 6. The monoisotopic (exact) mass is 488 g/mol. The van der Waals surface area contributed by atoms with E-state index in [9.17, 15) is 17.6 Å². The van der Waals surface area contributed by atoms with Crippen molar-refractivity contribution in [3.05, 3.63) is 53.6 Å². The number of ether oxygens (including phenoxy) is 1. The summed E-state index contributed by atoms with van der Waals surface area (Å²) in [7, 11) is -2.37. The van der Waals surface area contributed by atoms with Crippen LogP contribution < -0.4 is 10.1 Å². The van der Waals surface area contributed by atoms with E-state index < -0.39 is 21.7 Å². The van der Waals surface area contributed by atoms with Crippen LogP contribution in [-0.2, 0) is 10.0 Å². The summed E-state index contributed by atoms with van der Waals surface area (Å²) < 4.78 is 48.7. The van der Waals surface area contributed by atoms with Gasteiger partial charge in [0.2, 0.25) is 10.0 Å². The number of nitrogens with one attached hydrogen (secondary N) is 1. The van der Waals surface area contributed by atoms with Crippen molar-refractivity contribution in [2.45, 2.75) is 37.5 Å². The molecule has 1 aliphatic rings. The third-order valence-corrected chi connectivity index (χ3v) is 7.57. The van der Waals surface area contributed by atoms with E-state index in [1.165, 1.54) is 52.5 Å². The van der Waals surface area contributed by atoms with E-state index in [4.69, 9.17) is 4.74 Å². The number of nitrogens with zero attached hydrogens (tertiary/aromatic N) is 5. The molecule has 0 unspecified atom stereocenters. The van der Waals surface area contributed by atoms with Crippen molar-refractivity contribution in [2.24, 2.45) is 0 Å². The fraction of sp³-hybridized carbons (Fsp3) is 0.364. The van der Waals surface area contributed by atoms with Crippen LogP contribution in [0.15, 0.2) is 41.3 Å². The maximum atomic E-state index is 14.4. The molecule has 0 bridgehead atoms.